The zero-order chi connectivity index (χ0) is 18.6. The third-order valence-corrected chi connectivity index (χ3v) is 5.33. The number of nitrogens with two attached hydrogens (primary N) is 1. The maximum absolute atomic E-state index is 12.2. The van der Waals surface area contributed by atoms with Crippen LogP contribution in [0.1, 0.15) is 52.4 Å². The Bertz CT molecular complexity index is 649. The van der Waals surface area contributed by atoms with Crippen LogP contribution in [-0.4, -0.2) is 32.6 Å². The highest BCUT2D eigenvalue weighted by atomic mass is 16.2. The Morgan fingerprint density at radius 2 is 1.52 bits per heavy atom. The van der Waals surface area contributed by atoms with Crippen molar-refractivity contribution in [1.82, 2.24) is 0 Å². The first kappa shape index (κ1) is 19.5. The molecule has 0 aliphatic heterocycles. The van der Waals surface area contributed by atoms with E-state index in [4.69, 9.17) is 5.73 Å². The fraction of sp³-hybridized carbons (Fsp3) is 0.737. The summed E-state index contributed by atoms with van der Waals surface area (Å²) in [7, 11) is 1.90. The van der Waals surface area contributed by atoms with E-state index in [1.165, 1.54) is 0 Å². The van der Waals surface area contributed by atoms with Crippen LogP contribution in [-0.2, 0) is 4.79 Å². The van der Waals surface area contributed by atoms with Crippen LogP contribution in [0.3, 0.4) is 0 Å². The van der Waals surface area contributed by atoms with Gasteiger partial charge in [-0.15, -0.1) is 0 Å². The molecule has 1 fully saturated rings. The van der Waals surface area contributed by atoms with E-state index in [-0.39, 0.29) is 22.7 Å². The lowest BCUT2D eigenvalue weighted by atomic mass is 9.81. The molecule has 1 saturated carbocycles. The molecule has 2 rings (SSSR count). The molecule has 0 saturated heterocycles. The molecule has 2 N–H and O–H groups in total. The van der Waals surface area contributed by atoms with Crippen molar-refractivity contribution >= 4 is 17.3 Å². The molecule has 1 aromatic carbocycles. The van der Waals surface area contributed by atoms with Gasteiger partial charge in [-0.3, -0.25) is 14.4 Å². The second-order valence-corrected chi connectivity index (χ2v) is 7.34. The molecule has 140 valence electrons. The molecule has 0 radical (unpaired) electrons. The van der Waals surface area contributed by atoms with Crippen LogP contribution in [0.5, 0.6) is 0 Å². The van der Waals surface area contributed by atoms with Crippen LogP contribution in [0.15, 0.2) is 9.59 Å². The van der Waals surface area contributed by atoms with Gasteiger partial charge in [0.2, 0.25) is 5.91 Å². The van der Waals surface area contributed by atoms with Crippen LogP contribution < -0.4 is 26.4 Å². The van der Waals surface area contributed by atoms with Crippen LogP contribution in [0.25, 0.3) is 0 Å². The lowest BCUT2D eigenvalue weighted by Gasteiger charge is -2.34. The molecule has 1 amide bonds. The Morgan fingerprint density at radius 1 is 1.00 bits per heavy atom. The van der Waals surface area contributed by atoms with E-state index in [2.05, 4.69) is 18.7 Å². The van der Waals surface area contributed by atoms with Crippen molar-refractivity contribution in [3.8, 4) is 0 Å². The summed E-state index contributed by atoms with van der Waals surface area (Å²) in [5.41, 5.74) is 5.86. The molecule has 0 heterocycles. The summed E-state index contributed by atoms with van der Waals surface area (Å²) >= 11 is 0. The second kappa shape index (κ2) is 8.50. The summed E-state index contributed by atoms with van der Waals surface area (Å²) in [5.74, 6) is 0.225. The maximum atomic E-state index is 12.2. The second-order valence-electron chi connectivity index (χ2n) is 7.34. The minimum Gasteiger partial charge on any atom is -0.369 e. The molecule has 6 nitrogen and oxygen atoms in total. The van der Waals surface area contributed by atoms with Crippen molar-refractivity contribution in [2.75, 3.05) is 36.5 Å². The summed E-state index contributed by atoms with van der Waals surface area (Å²) in [6.07, 6.45) is 5.42. The average Bonchev–Trinajstić information content (AvgIpc) is 2.58. The predicted octanol–water partition coefficient (Wildman–Crippen LogP) is 1.64. The largest absolute Gasteiger partial charge is 0.369 e. The minimum absolute atomic E-state index is 0.00662. The number of primary amides is 1. The third kappa shape index (κ3) is 4.22. The molecule has 0 unspecified atom stereocenters. The Kier molecular flexibility index (Phi) is 6.62. The van der Waals surface area contributed by atoms with Gasteiger partial charge in [0.15, 0.2) is 0 Å². The SMILES string of the molecule is CCCN(CCC)c1c(N(C)CC2CCC(C(N)=O)CC2)c(=O)c1=O. The zero-order valence-corrected chi connectivity index (χ0v) is 15.7. The first-order valence-corrected chi connectivity index (χ1v) is 9.49. The molecule has 25 heavy (non-hydrogen) atoms. The van der Waals surface area contributed by atoms with E-state index in [0.29, 0.717) is 17.3 Å². The monoisotopic (exact) mass is 349 g/mol. The lowest BCUT2D eigenvalue weighted by molar-refractivity contribution is -0.122. The molecule has 6 heteroatoms. The van der Waals surface area contributed by atoms with Crippen molar-refractivity contribution in [3.05, 3.63) is 20.4 Å². The molecule has 1 aliphatic rings. The van der Waals surface area contributed by atoms with Crippen molar-refractivity contribution in [2.45, 2.75) is 52.4 Å². The van der Waals surface area contributed by atoms with E-state index >= 15 is 0 Å². The first-order valence-electron chi connectivity index (χ1n) is 9.49. The Morgan fingerprint density at radius 3 is 2.00 bits per heavy atom. The number of carbonyl (C=O) groups is 1. The number of amides is 1. The Labute approximate surface area is 149 Å². The van der Waals surface area contributed by atoms with E-state index in [1.54, 1.807) is 0 Å². The maximum Gasteiger partial charge on any atom is 0.253 e. The van der Waals surface area contributed by atoms with Gasteiger partial charge in [0.05, 0.1) is 0 Å². The summed E-state index contributed by atoms with van der Waals surface area (Å²) in [4.78, 5) is 39.6. The van der Waals surface area contributed by atoms with E-state index in [1.807, 2.05) is 11.9 Å². The highest BCUT2D eigenvalue weighted by Gasteiger charge is 2.30. The predicted molar refractivity (Wildman–Crippen MR) is 102 cm³/mol. The molecule has 0 spiro atoms. The number of hydrogen-bond acceptors (Lipinski definition) is 5. The molecule has 0 atom stereocenters. The van der Waals surface area contributed by atoms with Gasteiger partial charge in [-0.2, -0.15) is 0 Å². The third-order valence-electron chi connectivity index (χ3n) is 5.33. The summed E-state index contributed by atoms with van der Waals surface area (Å²) < 4.78 is 0. The van der Waals surface area contributed by atoms with E-state index in [0.717, 1.165) is 58.2 Å². The average molecular weight is 349 g/mol. The smallest absolute Gasteiger partial charge is 0.253 e. The van der Waals surface area contributed by atoms with Gasteiger partial charge < -0.3 is 15.5 Å². The van der Waals surface area contributed by atoms with Crippen LogP contribution in [0.2, 0.25) is 0 Å². The molecular weight excluding hydrogens is 318 g/mol. The van der Waals surface area contributed by atoms with Crippen LogP contribution >= 0.6 is 0 Å². The van der Waals surface area contributed by atoms with Crippen LogP contribution in [0.4, 0.5) is 11.4 Å². The number of hydrogen-bond donors (Lipinski definition) is 1. The fourth-order valence-corrected chi connectivity index (χ4v) is 4.00. The Hall–Kier alpha value is -1.85. The van der Waals surface area contributed by atoms with Gasteiger partial charge in [0, 0.05) is 32.6 Å². The van der Waals surface area contributed by atoms with Crippen molar-refractivity contribution in [1.29, 1.82) is 0 Å². The molecule has 0 aromatic heterocycles. The molecule has 1 aromatic rings. The topological polar surface area (TPSA) is 83.7 Å². The highest BCUT2D eigenvalue weighted by Crippen LogP contribution is 2.31. The summed E-state index contributed by atoms with van der Waals surface area (Å²) in [6, 6.07) is 0. The normalized spacial score (nSPS) is 20.6. The zero-order valence-electron chi connectivity index (χ0n) is 15.7. The van der Waals surface area contributed by atoms with Gasteiger partial charge in [-0.1, -0.05) is 13.8 Å². The van der Waals surface area contributed by atoms with Crippen LogP contribution in [0, 0.1) is 11.8 Å². The van der Waals surface area contributed by atoms with Crippen molar-refractivity contribution in [2.24, 2.45) is 17.6 Å². The van der Waals surface area contributed by atoms with Crippen molar-refractivity contribution < 1.29 is 4.79 Å². The first-order chi connectivity index (χ1) is 11.9. The van der Waals surface area contributed by atoms with Crippen molar-refractivity contribution in [3.63, 3.8) is 0 Å². The van der Waals surface area contributed by atoms with E-state index in [9.17, 15) is 14.4 Å². The number of carbonyl (C=O) groups excluding carboxylic acids is 1. The molecule has 0 bridgehead atoms. The summed E-state index contributed by atoms with van der Waals surface area (Å²) in [6.45, 7) is 6.49. The minimum atomic E-state index is -0.361. The standard InChI is InChI=1S/C19H31N3O3/c1-4-10-22(11-5-2)16-15(17(23)18(16)24)21(3)12-13-6-8-14(9-7-13)19(20)25/h13-14H,4-12H2,1-3H3,(H2,20,25). The number of rotatable bonds is 9. The fourth-order valence-electron chi connectivity index (χ4n) is 4.00. The van der Waals surface area contributed by atoms with Gasteiger partial charge in [0.25, 0.3) is 10.9 Å². The van der Waals surface area contributed by atoms with Gasteiger partial charge in [0.1, 0.15) is 11.4 Å². The number of anilines is 2. The molecule has 1 aliphatic carbocycles. The highest BCUT2D eigenvalue weighted by molar-refractivity contribution is 5.77. The Balaban J connectivity index is 2.06. The molecular formula is C19H31N3O3. The van der Waals surface area contributed by atoms with Gasteiger partial charge in [-0.25, -0.2) is 0 Å². The van der Waals surface area contributed by atoms with Gasteiger partial charge in [-0.05, 0) is 44.4 Å². The van der Waals surface area contributed by atoms with Gasteiger partial charge >= 0.3 is 0 Å². The lowest BCUT2D eigenvalue weighted by Crippen LogP contribution is -2.47. The quantitative estimate of drug-likeness (QED) is 0.685. The number of nitrogens with zero attached hydrogens (tertiary/aromatic N) is 2. The van der Waals surface area contributed by atoms with E-state index < -0.39 is 0 Å². The summed E-state index contributed by atoms with van der Waals surface area (Å²) in [5, 5.41) is 0.